The van der Waals surface area contributed by atoms with E-state index in [9.17, 15) is 9.18 Å². The largest absolute Gasteiger partial charge is 0.369 e. The Morgan fingerprint density at radius 3 is 2.48 bits per heavy atom. The van der Waals surface area contributed by atoms with Gasteiger partial charge in [-0.2, -0.15) is 0 Å². The van der Waals surface area contributed by atoms with E-state index in [0.717, 1.165) is 31.7 Å². The molecule has 2 aromatic rings. The highest BCUT2D eigenvalue weighted by Gasteiger charge is 2.21. The van der Waals surface area contributed by atoms with Gasteiger partial charge in [-0.1, -0.05) is 24.3 Å². The van der Waals surface area contributed by atoms with Crippen LogP contribution in [0.3, 0.4) is 0 Å². The number of hydrogen-bond donors (Lipinski definition) is 0. The molecule has 0 aromatic heterocycles. The Hall–Kier alpha value is -2.40. The third kappa shape index (κ3) is 4.86. The van der Waals surface area contributed by atoms with Crippen molar-refractivity contribution in [2.75, 3.05) is 44.7 Å². The lowest BCUT2D eigenvalue weighted by Gasteiger charge is -2.37. The molecule has 1 saturated heterocycles. The Labute approximate surface area is 161 Å². The number of halogens is 1. The van der Waals surface area contributed by atoms with Crippen molar-refractivity contribution in [1.82, 2.24) is 9.80 Å². The van der Waals surface area contributed by atoms with Crippen molar-refractivity contribution < 1.29 is 9.18 Å². The van der Waals surface area contributed by atoms with Gasteiger partial charge in [-0.3, -0.25) is 9.69 Å². The Kier molecular flexibility index (Phi) is 6.11. The molecule has 1 aliphatic rings. The molecule has 27 heavy (non-hydrogen) atoms. The van der Waals surface area contributed by atoms with E-state index < -0.39 is 0 Å². The standard InChI is InChI=1S/C22H28FN3O/c1-17-6-4-9-21(18(17)2)26-12-10-25(11-13-26)16-22(27)24(3)15-19-7-5-8-20(23)14-19/h4-9,14H,10-13,15-16H2,1-3H3. The monoisotopic (exact) mass is 369 g/mol. The van der Waals surface area contributed by atoms with E-state index in [1.165, 1.54) is 28.9 Å². The van der Waals surface area contributed by atoms with Crippen molar-refractivity contribution in [2.24, 2.45) is 0 Å². The van der Waals surface area contributed by atoms with Gasteiger partial charge in [0.15, 0.2) is 0 Å². The van der Waals surface area contributed by atoms with Gasteiger partial charge in [0.25, 0.3) is 0 Å². The van der Waals surface area contributed by atoms with E-state index in [1.807, 2.05) is 6.07 Å². The summed E-state index contributed by atoms with van der Waals surface area (Å²) in [5.41, 5.74) is 4.75. The zero-order valence-corrected chi connectivity index (χ0v) is 16.4. The highest BCUT2D eigenvalue weighted by Crippen LogP contribution is 2.23. The summed E-state index contributed by atoms with van der Waals surface area (Å²) in [5, 5.41) is 0. The highest BCUT2D eigenvalue weighted by atomic mass is 19.1. The Balaban J connectivity index is 1.51. The first-order valence-electron chi connectivity index (χ1n) is 9.46. The number of carbonyl (C=O) groups excluding carboxylic acids is 1. The summed E-state index contributed by atoms with van der Waals surface area (Å²) in [4.78, 5) is 18.8. The fourth-order valence-electron chi connectivity index (χ4n) is 3.53. The van der Waals surface area contributed by atoms with Gasteiger partial charge in [-0.15, -0.1) is 0 Å². The van der Waals surface area contributed by atoms with E-state index in [1.54, 1.807) is 18.0 Å². The van der Waals surface area contributed by atoms with Gasteiger partial charge in [-0.05, 0) is 48.7 Å². The molecule has 0 bridgehead atoms. The third-order valence-corrected chi connectivity index (χ3v) is 5.38. The minimum absolute atomic E-state index is 0.0689. The summed E-state index contributed by atoms with van der Waals surface area (Å²) in [7, 11) is 1.78. The van der Waals surface area contributed by atoms with E-state index >= 15 is 0 Å². The van der Waals surface area contributed by atoms with E-state index in [4.69, 9.17) is 0 Å². The molecule has 144 valence electrons. The van der Waals surface area contributed by atoms with Crippen LogP contribution in [-0.2, 0) is 11.3 Å². The molecule has 1 aliphatic heterocycles. The van der Waals surface area contributed by atoms with Crippen molar-refractivity contribution in [3.05, 3.63) is 65.0 Å². The second-order valence-electron chi connectivity index (χ2n) is 7.36. The minimum Gasteiger partial charge on any atom is -0.369 e. The van der Waals surface area contributed by atoms with E-state index in [0.29, 0.717) is 13.1 Å². The number of likely N-dealkylation sites (N-methyl/N-ethyl adjacent to an activating group) is 1. The molecule has 3 rings (SSSR count). The van der Waals surface area contributed by atoms with Gasteiger partial charge in [0, 0.05) is 45.5 Å². The summed E-state index contributed by atoms with van der Waals surface area (Å²) in [6.45, 7) is 8.73. The van der Waals surface area contributed by atoms with E-state index in [-0.39, 0.29) is 11.7 Å². The molecule has 5 heteroatoms. The molecule has 0 aliphatic carbocycles. The molecule has 0 unspecified atom stereocenters. The number of hydrogen-bond acceptors (Lipinski definition) is 3. The minimum atomic E-state index is -0.268. The lowest BCUT2D eigenvalue weighted by Crippen LogP contribution is -2.49. The molecular formula is C22H28FN3O. The van der Waals surface area contributed by atoms with E-state index in [2.05, 4.69) is 41.8 Å². The van der Waals surface area contributed by atoms with Gasteiger partial charge in [0.2, 0.25) is 5.91 Å². The van der Waals surface area contributed by atoms with Crippen LogP contribution in [0.25, 0.3) is 0 Å². The lowest BCUT2D eigenvalue weighted by molar-refractivity contribution is -0.131. The van der Waals surface area contributed by atoms with Crippen LogP contribution in [0.4, 0.5) is 10.1 Å². The zero-order chi connectivity index (χ0) is 19.4. The van der Waals surface area contributed by atoms with Crippen LogP contribution in [0.2, 0.25) is 0 Å². The maximum absolute atomic E-state index is 13.3. The van der Waals surface area contributed by atoms with Crippen LogP contribution in [0.1, 0.15) is 16.7 Å². The number of rotatable bonds is 5. The van der Waals surface area contributed by atoms with Crippen molar-refractivity contribution in [2.45, 2.75) is 20.4 Å². The smallest absolute Gasteiger partial charge is 0.236 e. The first kappa shape index (κ1) is 19.4. The average molecular weight is 369 g/mol. The number of carbonyl (C=O) groups is 1. The predicted molar refractivity (Wildman–Crippen MR) is 107 cm³/mol. The molecule has 2 aromatic carbocycles. The van der Waals surface area contributed by atoms with Crippen LogP contribution in [-0.4, -0.2) is 55.5 Å². The van der Waals surface area contributed by atoms with Gasteiger partial charge < -0.3 is 9.80 Å². The fourth-order valence-corrected chi connectivity index (χ4v) is 3.53. The Bertz CT molecular complexity index is 800. The number of anilines is 1. The van der Waals surface area contributed by atoms with Crippen LogP contribution in [0.5, 0.6) is 0 Å². The quantitative estimate of drug-likeness (QED) is 0.810. The van der Waals surface area contributed by atoms with Crippen molar-refractivity contribution >= 4 is 11.6 Å². The molecule has 0 radical (unpaired) electrons. The van der Waals surface area contributed by atoms with Crippen molar-refractivity contribution in [3.8, 4) is 0 Å². The summed E-state index contributed by atoms with van der Waals surface area (Å²) in [5.74, 6) is -0.199. The highest BCUT2D eigenvalue weighted by molar-refractivity contribution is 5.78. The average Bonchev–Trinajstić information content (AvgIpc) is 2.65. The lowest BCUT2D eigenvalue weighted by atomic mass is 10.1. The van der Waals surface area contributed by atoms with Crippen molar-refractivity contribution in [1.29, 1.82) is 0 Å². The normalized spacial score (nSPS) is 15.0. The second kappa shape index (κ2) is 8.53. The summed E-state index contributed by atoms with van der Waals surface area (Å²) >= 11 is 0. The summed E-state index contributed by atoms with van der Waals surface area (Å²) in [6, 6.07) is 12.8. The maximum atomic E-state index is 13.3. The number of nitrogens with zero attached hydrogens (tertiary/aromatic N) is 3. The number of benzene rings is 2. The number of piperazine rings is 1. The predicted octanol–water partition coefficient (Wildman–Crippen LogP) is 3.22. The molecule has 1 amide bonds. The Morgan fingerprint density at radius 2 is 1.78 bits per heavy atom. The van der Waals surface area contributed by atoms with Gasteiger partial charge in [-0.25, -0.2) is 4.39 Å². The molecule has 0 saturated carbocycles. The fraction of sp³-hybridized carbons (Fsp3) is 0.409. The van der Waals surface area contributed by atoms with Crippen LogP contribution < -0.4 is 4.90 Å². The van der Waals surface area contributed by atoms with Gasteiger partial charge in [0.1, 0.15) is 5.82 Å². The molecule has 1 heterocycles. The molecule has 0 N–H and O–H groups in total. The summed E-state index contributed by atoms with van der Waals surface area (Å²) < 4.78 is 13.3. The number of aryl methyl sites for hydroxylation is 1. The first-order chi connectivity index (χ1) is 12.9. The second-order valence-corrected chi connectivity index (χ2v) is 7.36. The SMILES string of the molecule is Cc1cccc(N2CCN(CC(=O)N(C)Cc3cccc(F)c3)CC2)c1C. The van der Waals surface area contributed by atoms with Gasteiger partial charge in [0.05, 0.1) is 6.54 Å². The van der Waals surface area contributed by atoms with Crippen LogP contribution >= 0.6 is 0 Å². The van der Waals surface area contributed by atoms with Crippen LogP contribution in [0, 0.1) is 19.7 Å². The molecule has 0 atom stereocenters. The number of amides is 1. The molecule has 4 nitrogen and oxygen atoms in total. The van der Waals surface area contributed by atoms with Crippen LogP contribution in [0.15, 0.2) is 42.5 Å². The molecule has 1 fully saturated rings. The topological polar surface area (TPSA) is 26.8 Å². The molecule has 0 spiro atoms. The molecular weight excluding hydrogens is 341 g/mol. The maximum Gasteiger partial charge on any atom is 0.236 e. The first-order valence-corrected chi connectivity index (χ1v) is 9.46. The zero-order valence-electron chi connectivity index (χ0n) is 16.4. The third-order valence-electron chi connectivity index (χ3n) is 5.38. The summed E-state index contributed by atoms with van der Waals surface area (Å²) in [6.07, 6.45) is 0. The van der Waals surface area contributed by atoms with Gasteiger partial charge >= 0.3 is 0 Å². The van der Waals surface area contributed by atoms with Crippen molar-refractivity contribution in [3.63, 3.8) is 0 Å². The Morgan fingerprint density at radius 1 is 1.07 bits per heavy atom.